The van der Waals surface area contributed by atoms with Crippen molar-refractivity contribution in [2.75, 3.05) is 18.4 Å². The molecule has 0 aromatic heterocycles. The van der Waals surface area contributed by atoms with Crippen LogP contribution in [0, 0.1) is 17.6 Å². The van der Waals surface area contributed by atoms with Crippen LogP contribution in [-0.2, 0) is 16.0 Å². The number of carbonyl (C=O) groups is 2. The minimum Gasteiger partial charge on any atom is -0.342 e. The lowest BCUT2D eigenvalue weighted by Crippen LogP contribution is -2.40. The summed E-state index contributed by atoms with van der Waals surface area (Å²) in [5.74, 6) is -2.26. The van der Waals surface area contributed by atoms with Gasteiger partial charge < -0.3 is 10.2 Å². The number of carbonyl (C=O) groups excluding carboxylic acids is 2. The first-order valence-electron chi connectivity index (χ1n) is 9.08. The highest BCUT2D eigenvalue weighted by atomic mass is 19.2. The highest BCUT2D eigenvalue weighted by Gasteiger charge is 2.24. The molecule has 1 aliphatic rings. The molecule has 0 spiro atoms. The molecule has 0 unspecified atom stereocenters. The zero-order chi connectivity index (χ0) is 19.2. The van der Waals surface area contributed by atoms with E-state index in [2.05, 4.69) is 17.4 Å². The van der Waals surface area contributed by atoms with Crippen LogP contribution < -0.4 is 5.32 Å². The number of likely N-dealkylation sites (tertiary alicyclic amines) is 1. The number of nitrogens with zero attached hydrogens (tertiary/aromatic N) is 1. The van der Waals surface area contributed by atoms with E-state index in [1.807, 2.05) is 18.2 Å². The quantitative estimate of drug-likeness (QED) is 0.812. The highest BCUT2D eigenvalue weighted by molar-refractivity contribution is 6.03. The summed E-state index contributed by atoms with van der Waals surface area (Å²) in [5, 5.41) is 2.43. The standard InChI is InChI=1S/C21H22F2N2O2/c22-18-7-6-17(13-19(18)23)24-20(26)14-21(27)25-10-8-16(9-11-25)12-15-4-2-1-3-5-15/h1-7,13,16H,8-12,14H2,(H,24,26). The molecule has 142 valence electrons. The first-order valence-corrected chi connectivity index (χ1v) is 9.08. The minimum absolute atomic E-state index is 0.133. The maximum atomic E-state index is 13.2. The van der Waals surface area contributed by atoms with Crippen LogP contribution in [0.3, 0.4) is 0 Å². The van der Waals surface area contributed by atoms with Gasteiger partial charge in [0.2, 0.25) is 11.8 Å². The topological polar surface area (TPSA) is 49.4 Å². The Balaban J connectivity index is 1.44. The Morgan fingerprint density at radius 3 is 2.37 bits per heavy atom. The van der Waals surface area contributed by atoms with E-state index >= 15 is 0 Å². The fourth-order valence-corrected chi connectivity index (χ4v) is 3.36. The van der Waals surface area contributed by atoms with Gasteiger partial charge >= 0.3 is 0 Å². The van der Waals surface area contributed by atoms with E-state index in [0.29, 0.717) is 19.0 Å². The first-order chi connectivity index (χ1) is 13.0. The Bertz CT molecular complexity index is 803. The van der Waals surface area contributed by atoms with Crippen LogP contribution in [0.25, 0.3) is 0 Å². The van der Waals surface area contributed by atoms with Gasteiger partial charge in [-0.3, -0.25) is 9.59 Å². The monoisotopic (exact) mass is 372 g/mol. The van der Waals surface area contributed by atoms with Gasteiger partial charge in [0.05, 0.1) is 0 Å². The van der Waals surface area contributed by atoms with Crippen LogP contribution in [0.5, 0.6) is 0 Å². The molecule has 0 radical (unpaired) electrons. The van der Waals surface area contributed by atoms with Crippen molar-refractivity contribution in [3.8, 4) is 0 Å². The van der Waals surface area contributed by atoms with E-state index < -0.39 is 17.5 Å². The molecule has 4 nitrogen and oxygen atoms in total. The molecule has 1 N–H and O–H groups in total. The number of anilines is 1. The third kappa shape index (κ3) is 5.36. The molecule has 0 atom stereocenters. The second-order valence-electron chi connectivity index (χ2n) is 6.87. The SMILES string of the molecule is O=C(CC(=O)N1CCC(Cc2ccccc2)CC1)Nc1ccc(F)c(F)c1. The third-order valence-electron chi connectivity index (χ3n) is 4.85. The molecule has 1 aliphatic heterocycles. The lowest BCUT2D eigenvalue weighted by molar-refractivity contribution is -0.135. The van der Waals surface area contributed by atoms with Gasteiger partial charge in [-0.05, 0) is 42.9 Å². The van der Waals surface area contributed by atoms with Crippen molar-refractivity contribution in [3.63, 3.8) is 0 Å². The van der Waals surface area contributed by atoms with Crippen molar-refractivity contribution in [2.24, 2.45) is 5.92 Å². The largest absolute Gasteiger partial charge is 0.342 e. The molecule has 2 aromatic carbocycles. The number of hydrogen-bond acceptors (Lipinski definition) is 2. The molecule has 3 rings (SSSR count). The van der Waals surface area contributed by atoms with E-state index in [4.69, 9.17) is 0 Å². The summed E-state index contributed by atoms with van der Waals surface area (Å²) in [6.07, 6.45) is 2.51. The van der Waals surface area contributed by atoms with Crippen molar-refractivity contribution in [2.45, 2.75) is 25.7 Å². The average Bonchev–Trinajstić information content (AvgIpc) is 2.66. The average molecular weight is 372 g/mol. The maximum absolute atomic E-state index is 13.2. The van der Waals surface area contributed by atoms with Crippen LogP contribution in [-0.4, -0.2) is 29.8 Å². The number of halogens is 2. The zero-order valence-corrected chi connectivity index (χ0v) is 15.0. The van der Waals surface area contributed by atoms with Crippen LogP contribution in [0.4, 0.5) is 14.5 Å². The summed E-state index contributed by atoms with van der Waals surface area (Å²) in [5.41, 5.74) is 1.43. The molecule has 0 aliphatic carbocycles. The van der Waals surface area contributed by atoms with Crippen molar-refractivity contribution in [1.29, 1.82) is 0 Å². The van der Waals surface area contributed by atoms with Gasteiger partial charge in [0.1, 0.15) is 6.42 Å². The Labute approximate surface area is 157 Å². The summed E-state index contributed by atoms with van der Waals surface area (Å²) in [4.78, 5) is 26.0. The van der Waals surface area contributed by atoms with Gasteiger partial charge in [0, 0.05) is 24.8 Å². The van der Waals surface area contributed by atoms with E-state index in [1.54, 1.807) is 4.90 Å². The molecule has 0 bridgehead atoms. The Morgan fingerprint density at radius 1 is 1.00 bits per heavy atom. The Kier molecular flexibility index (Phi) is 6.16. The second kappa shape index (κ2) is 8.75. The van der Waals surface area contributed by atoms with Gasteiger partial charge in [-0.25, -0.2) is 8.78 Å². The summed E-state index contributed by atoms with van der Waals surface area (Å²) in [6.45, 7) is 1.27. The molecular formula is C21H22F2N2O2. The smallest absolute Gasteiger partial charge is 0.233 e. The van der Waals surface area contributed by atoms with Gasteiger partial charge in [0.25, 0.3) is 0 Å². The normalized spacial score (nSPS) is 14.8. The molecule has 1 fully saturated rings. The molecule has 0 saturated carbocycles. The summed E-state index contributed by atoms with van der Waals surface area (Å²) < 4.78 is 26.1. The van der Waals surface area contributed by atoms with Gasteiger partial charge in [0.15, 0.2) is 11.6 Å². The molecule has 6 heteroatoms. The zero-order valence-electron chi connectivity index (χ0n) is 15.0. The Morgan fingerprint density at radius 2 is 1.70 bits per heavy atom. The molecule has 2 aromatic rings. The highest BCUT2D eigenvalue weighted by Crippen LogP contribution is 2.22. The van der Waals surface area contributed by atoms with Crippen molar-refractivity contribution < 1.29 is 18.4 Å². The molecule has 27 heavy (non-hydrogen) atoms. The molecule has 1 saturated heterocycles. The first kappa shape index (κ1) is 19.0. The number of hydrogen-bond donors (Lipinski definition) is 1. The van der Waals surface area contributed by atoms with Crippen LogP contribution in [0.2, 0.25) is 0 Å². The van der Waals surface area contributed by atoms with E-state index in [9.17, 15) is 18.4 Å². The number of piperidine rings is 1. The lowest BCUT2D eigenvalue weighted by atomic mass is 9.90. The molecular weight excluding hydrogens is 350 g/mol. The number of rotatable bonds is 5. The van der Waals surface area contributed by atoms with Crippen molar-refractivity contribution in [3.05, 3.63) is 65.7 Å². The number of nitrogens with one attached hydrogen (secondary N) is 1. The van der Waals surface area contributed by atoms with Crippen LogP contribution in [0.1, 0.15) is 24.8 Å². The Hall–Kier alpha value is -2.76. The summed E-state index contributed by atoms with van der Waals surface area (Å²) in [6, 6.07) is 13.4. The predicted molar refractivity (Wildman–Crippen MR) is 99.1 cm³/mol. The van der Waals surface area contributed by atoms with Gasteiger partial charge in [-0.2, -0.15) is 0 Å². The minimum atomic E-state index is -1.04. The summed E-state index contributed by atoms with van der Waals surface area (Å²) in [7, 11) is 0. The lowest BCUT2D eigenvalue weighted by Gasteiger charge is -2.32. The van der Waals surface area contributed by atoms with Crippen molar-refractivity contribution in [1.82, 2.24) is 4.90 Å². The van der Waals surface area contributed by atoms with Gasteiger partial charge in [-0.1, -0.05) is 30.3 Å². The maximum Gasteiger partial charge on any atom is 0.233 e. The summed E-state index contributed by atoms with van der Waals surface area (Å²) >= 11 is 0. The van der Waals surface area contributed by atoms with E-state index in [0.717, 1.165) is 31.4 Å². The number of amides is 2. The van der Waals surface area contributed by atoms with E-state index in [1.165, 1.54) is 11.6 Å². The molecule has 2 amide bonds. The van der Waals surface area contributed by atoms with Crippen LogP contribution in [0.15, 0.2) is 48.5 Å². The van der Waals surface area contributed by atoms with Crippen molar-refractivity contribution >= 4 is 17.5 Å². The van der Waals surface area contributed by atoms with Crippen LogP contribution >= 0.6 is 0 Å². The molecule has 1 heterocycles. The fourth-order valence-electron chi connectivity index (χ4n) is 3.36. The van der Waals surface area contributed by atoms with E-state index in [-0.39, 0.29) is 18.0 Å². The van der Waals surface area contributed by atoms with Gasteiger partial charge in [-0.15, -0.1) is 0 Å². The third-order valence-corrected chi connectivity index (χ3v) is 4.85. The fraction of sp³-hybridized carbons (Fsp3) is 0.333. The second-order valence-corrected chi connectivity index (χ2v) is 6.87. The predicted octanol–water partition coefficient (Wildman–Crippen LogP) is 3.77. The number of benzene rings is 2.